The second kappa shape index (κ2) is 4.34. The van der Waals surface area contributed by atoms with Crippen molar-refractivity contribution in [3.63, 3.8) is 0 Å². The lowest BCUT2D eigenvalue weighted by Crippen LogP contribution is -2.42. The van der Waals surface area contributed by atoms with Crippen LogP contribution in [0.25, 0.3) is 0 Å². The van der Waals surface area contributed by atoms with Crippen LogP contribution < -0.4 is 5.32 Å². The molecule has 1 aliphatic heterocycles. The number of nitrogens with one attached hydrogen (secondary N) is 1. The topological polar surface area (TPSA) is 75.4 Å². The van der Waals surface area contributed by atoms with Gasteiger partial charge in [0.25, 0.3) is 0 Å². The van der Waals surface area contributed by atoms with Crippen LogP contribution >= 0.6 is 0 Å². The SMILES string of the molecule is CC1NC(=O)CCN(Cc2ccon2)C1=O. The Morgan fingerprint density at radius 3 is 3.12 bits per heavy atom. The summed E-state index contributed by atoms with van der Waals surface area (Å²) in [6, 6.07) is 1.24. The molecule has 2 amide bonds. The Labute approximate surface area is 92.6 Å². The molecule has 1 fully saturated rings. The molecule has 2 rings (SSSR count). The Hall–Kier alpha value is -1.85. The molecule has 0 bridgehead atoms. The van der Waals surface area contributed by atoms with E-state index >= 15 is 0 Å². The second-order valence-electron chi connectivity index (χ2n) is 3.79. The first-order valence-corrected chi connectivity index (χ1v) is 5.14. The zero-order valence-corrected chi connectivity index (χ0v) is 8.97. The van der Waals surface area contributed by atoms with Gasteiger partial charge in [-0.05, 0) is 6.92 Å². The average Bonchev–Trinajstić information content (AvgIpc) is 2.71. The highest BCUT2D eigenvalue weighted by molar-refractivity contribution is 5.89. The fourth-order valence-electron chi connectivity index (χ4n) is 1.67. The quantitative estimate of drug-likeness (QED) is 0.760. The van der Waals surface area contributed by atoms with Gasteiger partial charge in [0.2, 0.25) is 11.8 Å². The molecule has 1 N–H and O–H groups in total. The van der Waals surface area contributed by atoms with Gasteiger partial charge in [-0.2, -0.15) is 0 Å². The number of carbonyl (C=O) groups excluding carboxylic acids is 2. The van der Waals surface area contributed by atoms with Gasteiger partial charge in [-0.25, -0.2) is 0 Å². The van der Waals surface area contributed by atoms with Crippen LogP contribution in [0.5, 0.6) is 0 Å². The van der Waals surface area contributed by atoms with Crippen molar-refractivity contribution in [2.24, 2.45) is 0 Å². The summed E-state index contributed by atoms with van der Waals surface area (Å²) in [4.78, 5) is 24.7. The molecule has 0 aromatic carbocycles. The number of hydrogen-bond acceptors (Lipinski definition) is 4. The van der Waals surface area contributed by atoms with Gasteiger partial charge in [-0.15, -0.1) is 0 Å². The summed E-state index contributed by atoms with van der Waals surface area (Å²) in [5, 5.41) is 6.37. The standard InChI is InChI=1S/C10H13N3O3/c1-7-10(15)13(4-2-9(14)11-7)6-8-3-5-16-12-8/h3,5,7H,2,4,6H2,1H3,(H,11,14). The molecule has 6 nitrogen and oxygen atoms in total. The zero-order chi connectivity index (χ0) is 11.5. The molecule has 1 aliphatic rings. The van der Waals surface area contributed by atoms with Crippen molar-refractivity contribution in [2.75, 3.05) is 6.54 Å². The van der Waals surface area contributed by atoms with Gasteiger partial charge in [-0.1, -0.05) is 5.16 Å². The Kier molecular flexibility index (Phi) is 2.89. The van der Waals surface area contributed by atoms with E-state index < -0.39 is 6.04 Å². The van der Waals surface area contributed by atoms with E-state index in [4.69, 9.17) is 4.52 Å². The van der Waals surface area contributed by atoms with Crippen molar-refractivity contribution in [3.8, 4) is 0 Å². The number of aromatic nitrogens is 1. The van der Waals surface area contributed by atoms with E-state index in [0.29, 0.717) is 25.2 Å². The minimum atomic E-state index is -0.470. The minimum absolute atomic E-state index is 0.0890. The fraction of sp³-hybridized carbons (Fsp3) is 0.500. The van der Waals surface area contributed by atoms with Gasteiger partial charge in [-0.3, -0.25) is 9.59 Å². The first-order chi connectivity index (χ1) is 7.66. The smallest absolute Gasteiger partial charge is 0.245 e. The predicted octanol–water partition coefficient (Wildman–Crippen LogP) is -0.0884. The van der Waals surface area contributed by atoms with Crippen molar-refractivity contribution in [1.82, 2.24) is 15.4 Å². The molecule has 86 valence electrons. The number of hydrogen-bond donors (Lipinski definition) is 1. The lowest BCUT2D eigenvalue weighted by atomic mass is 10.3. The summed E-state index contributed by atoms with van der Waals surface area (Å²) >= 11 is 0. The molecular formula is C10H13N3O3. The third kappa shape index (κ3) is 2.21. The van der Waals surface area contributed by atoms with Crippen LogP contribution in [0.3, 0.4) is 0 Å². The van der Waals surface area contributed by atoms with E-state index in [-0.39, 0.29) is 11.8 Å². The van der Waals surface area contributed by atoms with Crippen LogP contribution in [0.2, 0.25) is 0 Å². The van der Waals surface area contributed by atoms with E-state index in [9.17, 15) is 9.59 Å². The molecule has 1 saturated heterocycles. The lowest BCUT2D eigenvalue weighted by Gasteiger charge is -2.20. The van der Waals surface area contributed by atoms with Crippen molar-refractivity contribution in [3.05, 3.63) is 18.0 Å². The maximum Gasteiger partial charge on any atom is 0.245 e. The molecule has 1 unspecified atom stereocenters. The third-order valence-electron chi connectivity index (χ3n) is 2.51. The van der Waals surface area contributed by atoms with E-state index in [2.05, 4.69) is 10.5 Å². The van der Waals surface area contributed by atoms with Gasteiger partial charge < -0.3 is 14.7 Å². The molecule has 0 radical (unpaired) electrons. The molecule has 0 spiro atoms. The number of rotatable bonds is 2. The molecule has 2 heterocycles. The van der Waals surface area contributed by atoms with Crippen molar-refractivity contribution in [1.29, 1.82) is 0 Å². The largest absolute Gasteiger partial charge is 0.364 e. The third-order valence-corrected chi connectivity index (χ3v) is 2.51. The highest BCUT2D eigenvalue weighted by Gasteiger charge is 2.26. The molecular weight excluding hydrogens is 210 g/mol. The molecule has 0 aliphatic carbocycles. The Balaban J connectivity index is 2.08. The van der Waals surface area contributed by atoms with Gasteiger partial charge in [0.1, 0.15) is 18.0 Å². The van der Waals surface area contributed by atoms with E-state index in [0.717, 1.165) is 0 Å². The molecule has 0 saturated carbocycles. The summed E-state index contributed by atoms with van der Waals surface area (Å²) in [6.07, 6.45) is 1.79. The normalized spacial score (nSPS) is 21.8. The number of amides is 2. The van der Waals surface area contributed by atoms with Crippen LogP contribution in [0.1, 0.15) is 19.0 Å². The summed E-state index contributed by atoms with van der Waals surface area (Å²) in [5.41, 5.74) is 0.690. The van der Waals surface area contributed by atoms with Crippen LogP contribution in [-0.2, 0) is 16.1 Å². The van der Waals surface area contributed by atoms with E-state index in [1.165, 1.54) is 6.26 Å². The predicted molar refractivity (Wildman–Crippen MR) is 54.1 cm³/mol. The molecule has 1 atom stereocenters. The van der Waals surface area contributed by atoms with Crippen LogP contribution in [0, 0.1) is 0 Å². The highest BCUT2D eigenvalue weighted by Crippen LogP contribution is 2.08. The number of nitrogens with zero attached hydrogens (tertiary/aromatic N) is 2. The first kappa shape index (κ1) is 10.7. The maximum absolute atomic E-state index is 11.9. The average molecular weight is 223 g/mol. The minimum Gasteiger partial charge on any atom is -0.364 e. The Morgan fingerprint density at radius 2 is 2.44 bits per heavy atom. The molecule has 1 aromatic rings. The van der Waals surface area contributed by atoms with Gasteiger partial charge in [0.05, 0.1) is 6.54 Å². The Bertz CT molecular complexity index is 388. The highest BCUT2D eigenvalue weighted by atomic mass is 16.5. The van der Waals surface area contributed by atoms with E-state index in [1.54, 1.807) is 17.9 Å². The van der Waals surface area contributed by atoms with Crippen LogP contribution in [0.4, 0.5) is 0 Å². The molecule has 6 heteroatoms. The summed E-state index contributed by atoms with van der Waals surface area (Å²) in [5.74, 6) is -0.183. The summed E-state index contributed by atoms with van der Waals surface area (Å²) < 4.78 is 4.70. The van der Waals surface area contributed by atoms with Gasteiger partial charge in [0.15, 0.2) is 0 Å². The Morgan fingerprint density at radius 1 is 1.62 bits per heavy atom. The maximum atomic E-state index is 11.9. The van der Waals surface area contributed by atoms with E-state index in [1.807, 2.05) is 0 Å². The summed E-state index contributed by atoms with van der Waals surface area (Å²) in [6.45, 7) is 2.48. The van der Waals surface area contributed by atoms with Gasteiger partial charge in [0, 0.05) is 19.0 Å². The van der Waals surface area contributed by atoms with Crippen LogP contribution in [0.15, 0.2) is 16.9 Å². The lowest BCUT2D eigenvalue weighted by molar-refractivity contribution is -0.133. The molecule has 16 heavy (non-hydrogen) atoms. The second-order valence-corrected chi connectivity index (χ2v) is 3.79. The monoisotopic (exact) mass is 223 g/mol. The fourth-order valence-corrected chi connectivity index (χ4v) is 1.67. The van der Waals surface area contributed by atoms with Crippen molar-refractivity contribution < 1.29 is 14.1 Å². The zero-order valence-electron chi connectivity index (χ0n) is 8.97. The number of carbonyl (C=O) groups is 2. The summed E-state index contributed by atoms with van der Waals surface area (Å²) in [7, 11) is 0. The molecule has 1 aromatic heterocycles. The van der Waals surface area contributed by atoms with Gasteiger partial charge >= 0.3 is 0 Å². The van der Waals surface area contributed by atoms with Crippen molar-refractivity contribution in [2.45, 2.75) is 25.9 Å². The van der Waals surface area contributed by atoms with Crippen LogP contribution in [-0.4, -0.2) is 34.5 Å². The first-order valence-electron chi connectivity index (χ1n) is 5.14. The van der Waals surface area contributed by atoms with Crippen molar-refractivity contribution >= 4 is 11.8 Å².